The first-order valence-electron chi connectivity index (χ1n) is 7.93. The molecule has 1 aliphatic rings. The van der Waals surface area contributed by atoms with Crippen LogP contribution >= 0.6 is 0 Å². The number of ether oxygens (including phenoxy) is 1. The van der Waals surface area contributed by atoms with Crippen molar-refractivity contribution < 1.29 is 4.74 Å². The highest BCUT2D eigenvalue weighted by Gasteiger charge is 2.27. The number of rotatable bonds is 8. The number of hydrogen-bond donors (Lipinski definition) is 0. The lowest BCUT2D eigenvalue weighted by molar-refractivity contribution is 0.0969. The molecule has 120 valence electrons. The van der Waals surface area contributed by atoms with Crippen molar-refractivity contribution in [2.75, 3.05) is 46.9 Å². The van der Waals surface area contributed by atoms with Crippen LogP contribution in [0, 0.1) is 0 Å². The molecule has 0 spiro atoms. The van der Waals surface area contributed by atoms with Gasteiger partial charge in [-0.3, -0.25) is 4.90 Å². The molecule has 0 amide bonds. The summed E-state index contributed by atoms with van der Waals surface area (Å²) in [6.07, 6.45) is 3.52. The Labute approximate surface area is 127 Å². The molecule has 1 fully saturated rings. The van der Waals surface area contributed by atoms with Crippen LogP contribution in [0.5, 0.6) is 0 Å². The van der Waals surface area contributed by atoms with Gasteiger partial charge in [0, 0.05) is 33.3 Å². The van der Waals surface area contributed by atoms with E-state index in [1.807, 2.05) is 4.68 Å². The molecule has 21 heavy (non-hydrogen) atoms. The number of unbranched alkanes of at least 4 members (excludes halogenated alkanes) is 1. The highest BCUT2D eigenvalue weighted by atomic mass is 16.5. The van der Waals surface area contributed by atoms with E-state index in [1.165, 1.54) is 12.8 Å². The topological polar surface area (TPSA) is 59.3 Å². The first-order chi connectivity index (χ1) is 10.3. The van der Waals surface area contributed by atoms with E-state index in [0.29, 0.717) is 12.6 Å². The van der Waals surface area contributed by atoms with Gasteiger partial charge < -0.3 is 9.64 Å². The minimum Gasteiger partial charge on any atom is -0.383 e. The number of tetrazole rings is 1. The minimum absolute atomic E-state index is 0.325. The van der Waals surface area contributed by atoms with Crippen molar-refractivity contribution >= 4 is 0 Å². The molecular formula is C14H28N6O. The molecule has 7 nitrogen and oxygen atoms in total. The van der Waals surface area contributed by atoms with Crippen molar-refractivity contribution in [3.63, 3.8) is 0 Å². The fourth-order valence-corrected chi connectivity index (χ4v) is 2.79. The molecule has 0 N–H and O–H groups in total. The summed E-state index contributed by atoms with van der Waals surface area (Å²) in [6.45, 7) is 7.99. The van der Waals surface area contributed by atoms with Gasteiger partial charge in [-0.15, -0.1) is 5.10 Å². The standard InChI is InChI=1S/C14H28N6O/c1-4-5-6-13(19-9-7-18(2)8-10-19)14-15-16-17-20(14)11-12-21-3/h13H,4-12H2,1-3H3/t13-/m1/s1. The van der Waals surface area contributed by atoms with Gasteiger partial charge in [0.25, 0.3) is 0 Å². The molecule has 0 saturated carbocycles. The summed E-state index contributed by atoms with van der Waals surface area (Å²) in [6, 6.07) is 0.325. The van der Waals surface area contributed by atoms with Crippen LogP contribution in [0.2, 0.25) is 0 Å². The zero-order valence-electron chi connectivity index (χ0n) is 13.5. The molecule has 7 heteroatoms. The Balaban J connectivity index is 2.09. The zero-order chi connectivity index (χ0) is 15.1. The van der Waals surface area contributed by atoms with Crippen LogP contribution in [-0.2, 0) is 11.3 Å². The molecule has 1 aromatic rings. The maximum Gasteiger partial charge on any atom is 0.168 e. The number of aromatic nitrogens is 4. The van der Waals surface area contributed by atoms with Gasteiger partial charge in [0.15, 0.2) is 5.82 Å². The highest BCUT2D eigenvalue weighted by Crippen LogP contribution is 2.25. The van der Waals surface area contributed by atoms with E-state index in [0.717, 1.165) is 45.0 Å². The molecule has 1 aromatic heterocycles. The van der Waals surface area contributed by atoms with Gasteiger partial charge in [0.1, 0.15) is 0 Å². The summed E-state index contributed by atoms with van der Waals surface area (Å²) >= 11 is 0. The van der Waals surface area contributed by atoms with Gasteiger partial charge in [-0.1, -0.05) is 19.8 Å². The van der Waals surface area contributed by atoms with Crippen molar-refractivity contribution in [3.05, 3.63) is 5.82 Å². The number of methoxy groups -OCH3 is 1. The zero-order valence-corrected chi connectivity index (χ0v) is 13.5. The van der Waals surface area contributed by atoms with Crippen molar-refractivity contribution in [3.8, 4) is 0 Å². The highest BCUT2D eigenvalue weighted by molar-refractivity contribution is 4.95. The Morgan fingerprint density at radius 2 is 2.00 bits per heavy atom. The molecule has 2 rings (SSSR count). The van der Waals surface area contributed by atoms with Crippen LogP contribution in [-0.4, -0.2) is 77.0 Å². The number of likely N-dealkylation sites (N-methyl/N-ethyl adjacent to an activating group) is 1. The smallest absolute Gasteiger partial charge is 0.168 e. The monoisotopic (exact) mass is 296 g/mol. The molecule has 1 aliphatic heterocycles. The van der Waals surface area contributed by atoms with Crippen molar-refractivity contribution in [2.24, 2.45) is 0 Å². The summed E-state index contributed by atoms with van der Waals surface area (Å²) in [5.74, 6) is 0.991. The summed E-state index contributed by atoms with van der Waals surface area (Å²) in [5.41, 5.74) is 0. The van der Waals surface area contributed by atoms with Crippen LogP contribution in [0.4, 0.5) is 0 Å². The summed E-state index contributed by atoms with van der Waals surface area (Å²) in [5, 5.41) is 12.3. The van der Waals surface area contributed by atoms with E-state index < -0.39 is 0 Å². The number of piperazine rings is 1. The molecule has 1 saturated heterocycles. The SMILES string of the molecule is CCCC[C@H](c1nnnn1CCOC)N1CCN(C)CC1. The second-order valence-electron chi connectivity index (χ2n) is 5.75. The van der Waals surface area contributed by atoms with E-state index >= 15 is 0 Å². The third-order valence-electron chi connectivity index (χ3n) is 4.17. The summed E-state index contributed by atoms with van der Waals surface area (Å²) in [7, 11) is 3.89. The average molecular weight is 296 g/mol. The normalized spacial score (nSPS) is 19.0. The predicted octanol–water partition coefficient (Wildman–Crippen LogP) is 0.798. The molecular weight excluding hydrogens is 268 g/mol. The molecule has 0 aliphatic carbocycles. The Morgan fingerprint density at radius 1 is 1.24 bits per heavy atom. The van der Waals surface area contributed by atoms with Gasteiger partial charge in [0.05, 0.1) is 19.2 Å². The maximum atomic E-state index is 5.15. The van der Waals surface area contributed by atoms with E-state index in [4.69, 9.17) is 4.74 Å². The van der Waals surface area contributed by atoms with E-state index in [1.54, 1.807) is 7.11 Å². The fourth-order valence-electron chi connectivity index (χ4n) is 2.79. The Hall–Kier alpha value is -1.05. The molecule has 0 unspecified atom stereocenters. The Kier molecular flexibility index (Phi) is 6.53. The quantitative estimate of drug-likeness (QED) is 0.707. The molecule has 1 atom stereocenters. The maximum absolute atomic E-state index is 5.15. The van der Waals surface area contributed by atoms with Gasteiger partial charge >= 0.3 is 0 Å². The van der Waals surface area contributed by atoms with Gasteiger partial charge in [-0.05, 0) is 23.9 Å². The lowest BCUT2D eigenvalue weighted by Gasteiger charge is -2.37. The second-order valence-corrected chi connectivity index (χ2v) is 5.75. The van der Waals surface area contributed by atoms with Crippen LogP contribution in [0.1, 0.15) is 38.1 Å². The summed E-state index contributed by atoms with van der Waals surface area (Å²) < 4.78 is 7.06. The van der Waals surface area contributed by atoms with Crippen molar-refractivity contribution in [2.45, 2.75) is 38.8 Å². The molecule has 0 aromatic carbocycles. The van der Waals surface area contributed by atoms with E-state index in [2.05, 4.69) is 39.3 Å². The first kappa shape index (κ1) is 16.3. The Morgan fingerprint density at radius 3 is 2.67 bits per heavy atom. The fraction of sp³-hybridized carbons (Fsp3) is 0.929. The van der Waals surface area contributed by atoms with Gasteiger partial charge in [-0.25, -0.2) is 4.68 Å². The van der Waals surface area contributed by atoms with Crippen LogP contribution in [0.3, 0.4) is 0 Å². The van der Waals surface area contributed by atoms with E-state index in [-0.39, 0.29) is 0 Å². The van der Waals surface area contributed by atoms with Gasteiger partial charge in [-0.2, -0.15) is 0 Å². The first-order valence-corrected chi connectivity index (χ1v) is 7.93. The van der Waals surface area contributed by atoms with Crippen LogP contribution < -0.4 is 0 Å². The third-order valence-corrected chi connectivity index (χ3v) is 4.17. The lowest BCUT2D eigenvalue weighted by Crippen LogP contribution is -2.46. The predicted molar refractivity (Wildman–Crippen MR) is 81.0 cm³/mol. The number of hydrogen-bond acceptors (Lipinski definition) is 6. The second kappa shape index (κ2) is 8.41. The lowest BCUT2D eigenvalue weighted by atomic mass is 10.1. The molecule has 0 bridgehead atoms. The van der Waals surface area contributed by atoms with Crippen LogP contribution in [0.15, 0.2) is 0 Å². The average Bonchev–Trinajstić information content (AvgIpc) is 2.95. The van der Waals surface area contributed by atoms with E-state index in [9.17, 15) is 0 Å². The Bertz CT molecular complexity index is 402. The third kappa shape index (κ3) is 4.46. The van der Waals surface area contributed by atoms with Crippen molar-refractivity contribution in [1.82, 2.24) is 30.0 Å². The minimum atomic E-state index is 0.325. The van der Waals surface area contributed by atoms with Gasteiger partial charge in [0.2, 0.25) is 0 Å². The molecule has 0 radical (unpaired) electrons. The largest absolute Gasteiger partial charge is 0.383 e. The summed E-state index contributed by atoms with van der Waals surface area (Å²) in [4.78, 5) is 4.91. The van der Waals surface area contributed by atoms with Crippen molar-refractivity contribution in [1.29, 1.82) is 0 Å². The number of nitrogens with zero attached hydrogens (tertiary/aromatic N) is 6. The van der Waals surface area contributed by atoms with Crippen LogP contribution in [0.25, 0.3) is 0 Å². The molecule has 2 heterocycles.